The van der Waals surface area contributed by atoms with E-state index in [2.05, 4.69) is 26.5 Å². The highest BCUT2D eigenvalue weighted by atomic mass is 79.9. The third kappa shape index (κ3) is 3.20. The highest BCUT2D eigenvalue weighted by Crippen LogP contribution is 2.24. The summed E-state index contributed by atoms with van der Waals surface area (Å²) in [6, 6.07) is 6.48. The Morgan fingerprint density at radius 1 is 1.47 bits per heavy atom. The van der Waals surface area contributed by atoms with Crippen molar-refractivity contribution in [2.75, 3.05) is 0 Å². The molecule has 6 heteroatoms. The predicted octanol–water partition coefficient (Wildman–Crippen LogP) is 2.38. The van der Waals surface area contributed by atoms with Crippen LogP contribution in [0.3, 0.4) is 0 Å². The molecule has 0 fully saturated rings. The van der Waals surface area contributed by atoms with Gasteiger partial charge in [-0.05, 0) is 43.2 Å². The van der Waals surface area contributed by atoms with Crippen molar-refractivity contribution < 1.29 is 4.39 Å². The van der Waals surface area contributed by atoms with Crippen LogP contribution < -0.4 is 11.3 Å². The van der Waals surface area contributed by atoms with Gasteiger partial charge in [-0.1, -0.05) is 15.9 Å². The molecule has 19 heavy (non-hydrogen) atoms. The number of halogens is 2. The van der Waals surface area contributed by atoms with E-state index in [0.717, 1.165) is 21.4 Å². The first kappa shape index (κ1) is 14.2. The fraction of sp³-hybridized carbons (Fsp3) is 0.308. The van der Waals surface area contributed by atoms with E-state index >= 15 is 0 Å². The number of aromatic nitrogens is 2. The van der Waals surface area contributed by atoms with Crippen LogP contribution in [0.4, 0.5) is 4.39 Å². The Labute approximate surface area is 119 Å². The molecule has 1 heterocycles. The summed E-state index contributed by atoms with van der Waals surface area (Å²) >= 11 is 3.43. The third-order valence-corrected chi connectivity index (χ3v) is 3.80. The van der Waals surface area contributed by atoms with Crippen LogP contribution >= 0.6 is 15.9 Å². The van der Waals surface area contributed by atoms with Crippen LogP contribution in [0.15, 0.2) is 28.7 Å². The van der Waals surface area contributed by atoms with E-state index in [4.69, 9.17) is 5.84 Å². The molecule has 2 rings (SSSR count). The minimum Gasteiger partial charge on any atom is -0.271 e. The van der Waals surface area contributed by atoms with Gasteiger partial charge in [0.05, 0.1) is 17.4 Å². The third-order valence-electron chi connectivity index (χ3n) is 3.03. The number of hydrazine groups is 1. The summed E-state index contributed by atoms with van der Waals surface area (Å²) in [4.78, 5) is 0. The lowest BCUT2D eigenvalue weighted by molar-refractivity contribution is 0.506. The van der Waals surface area contributed by atoms with Gasteiger partial charge in [-0.3, -0.25) is 16.0 Å². The predicted molar refractivity (Wildman–Crippen MR) is 75.8 cm³/mol. The summed E-state index contributed by atoms with van der Waals surface area (Å²) in [6.45, 7) is 1.93. The van der Waals surface area contributed by atoms with Crippen molar-refractivity contribution in [1.82, 2.24) is 15.2 Å². The number of aryl methyl sites for hydroxylation is 2. The zero-order chi connectivity index (χ0) is 14.0. The molecule has 3 N–H and O–H groups in total. The standard InChI is InChI=1S/C13H16BrFN4/c1-8-5-13(19(2)18-8)12(17-16)7-9-6-10(15)3-4-11(9)14/h3-6,12,17H,7,16H2,1-2H3. The Morgan fingerprint density at radius 3 is 2.79 bits per heavy atom. The topological polar surface area (TPSA) is 55.9 Å². The SMILES string of the molecule is Cc1cc(C(Cc2cc(F)ccc2Br)NN)n(C)n1. The van der Waals surface area contributed by atoms with Gasteiger partial charge in [0, 0.05) is 11.5 Å². The molecule has 0 amide bonds. The minimum atomic E-state index is -0.254. The van der Waals surface area contributed by atoms with E-state index < -0.39 is 0 Å². The number of nitrogens with zero attached hydrogens (tertiary/aromatic N) is 2. The van der Waals surface area contributed by atoms with Crippen molar-refractivity contribution in [3.05, 3.63) is 51.5 Å². The molecule has 0 aliphatic carbocycles. The molecular formula is C13H16BrFN4. The van der Waals surface area contributed by atoms with Crippen molar-refractivity contribution in [3.63, 3.8) is 0 Å². The monoisotopic (exact) mass is 326 g/mol. The molecule has 0 spiro atoms. The van der Waals surface area contributed by atoms with Gasteiger partial charge in [0.1, 0.15) is 5.82 Å². The lowest BCUT2D eigenvalue weighted by Crippen LogP contribution is -2.31. The Hall–Kier alpha value is -1.24. The summed E-state index contributed by atoms with van der Waals surface area (Å²) in [7, 11) is 1.87. The van der Waals surface area contributed by atoms with Crippen molar-refractivity contribution in [2.24, 2.45) is 12.9 Å². The van der Waals surface area contributed by atoms with E-state index in [9.17, 15) is 4.39 Å². The molecule has 1 aromatic heterocycles. The van der Waals surface area contributed by atoms with Gasteiger partial charge < -0.3 is 0 Å². The van der Waals surface area contributed by atoms with Crippen molar-refractivity contribution in [2.45, 2.75) is 19.4 Å². The number of rotatable bonds is 4. The van der Waals surface area contributed by atoms with E-state index in [1.807, 2.05) is 20.0 Å². The second kappa shape index (κ2) is 5.81. The summed E-state index contributed by atoms with van der Waals surface area (Å²) < 4.78 is 16.0. The van der Waals surface area contributed by atoms with Gasteiger partial charge in [0.25, 0.3) is 0 Å². The Bertz CT molecular complexity index is 582. The molecule has 0 aliphatic rings. The van der Waals surface area contributed by atoms with Gasteiger partial charge in [-0.15, -0.1) is 0 Å². The smallest absolute Gasteiger partial charge is 0.123 e. The highest BCUT2D eigenvalue weighted by Gasteiger charge is 2.17. The fourth-order valence-electron chi connectivity index (χ4n) is 2.13. The Kier molecular flexibility index (Phi) is 4.34. The van der Waals surface area contributed by atoms with Crippen LogP contribution in [-0.2, 0) is 13.5 Å². The molecule has 0 bridgehead atoms. The second-order valence-electron chi connectivity index (χ2n) is 4.49. The average molecular weight is 327 g/mol. The summed E-state index contributed by atoms with van der Waals surface area (Å²) in [5, 5.41) is 4.30. The molecule has 1 unspecified atom stereocenters. The van der Waals surface area contributed by atoms with Crippen molar-refractivity contribution in [1.29, 1.82) is 0 Å². The van der Waals surface area contributed by atoms with E-state index in [1.165, 1.54) is 12.1 Å². The van der Waals surface area contributed by atoms with E-state index in [-0.39, 0.29) is 11.9 Å². The molecule has 1 atom stereocenters. The second-order valence-corrected chi connectivity index (χ2v) is 5.35. The quantitative estimate of drug-likeness (QED) is 0.670. The van der Waals surface area contributed by atoms with Crippen molar-refractivity contribution in [3.8, 4) is 0 Å². The summed E-state index contributed by atoms with van der Waals surface area (Å²) in [6.07, 6.45) is 0.577. The van der Waals surface area contributed by atoms with E-state index in [1.54, 1.807) is 10.7 Å². The first-order valence-electron chi connectivity index (χ1n) is 5.92. The summed E-state index contributed by atoms with van der Waals surface area (Å²) in [5.74, 6) is 5.36. The van der Waals surface area contributed by atoms with Gasteiger partial charge >= 0.3 is 0 Å². The Balaban J connectivity index is 2.29. The van der Waals surface area contributed by atoms with Crippen LogP contribution in [0.25, 0.3) is 0 Å². The fourth-order valence-corrected chi connectivity index (χ4v) is 2.53. The van der Waals surface area contributed by atoms with Crippen LogP contribution in [0, 0.1) is 12.7 Å². The van der Waals surface area contributed by atoms with Crippen molar-refractivity contribution >= 4 is 15.9 Å². The first-order valence-corrected chi connectivity index (χ1v) is 6.71. The average Bonchev–Trinajstić information content (AvgIpc) is 2.69. The Morgan fingerprint density at radius 2 is 2.21 bits per heavy atom. The molecule has 0 saturated heterocycles. The zero-order valence-electron chi connectivity index (χ0n) is 10.8. The number of nitrogens with two attached hydrogens (primary N) is 1. The van der Waals surface area contributed by atoms with Crippen LogP contribution in [-0.4, -0.2) is 9.78 Å². The maximum Gasteiger partial charge on any atom is 0.123 e. The highest BCUT2D eigenvalue weighted by molar-refractivity contribution is 9.10. The number of hydrogen-bond acceptors (Lipinski definition) is 3. The first-order chi connectivity index (χ1) is 9.01. The minimum absolute atomic E-state index is 0.121. The zero-order valence-corrected chi connectivity index (χ0v) is 12.4. The van der Waals surface area contributed by atoms with Gasteiger partial charge in [0.15, 0.2) is 0 Å². The largest absolute Gasteiger partial charge is 0.271 e. The van der Waals surface area contributed by atoms with Gasteiger partial charge in [-0.25, -0.2) is 4.39 Å². The number of nitrogens with one attached hydrogen (secondary N) is 1. The maximum atomic E-state index is 13.3. The van der Waals surface area contributed by atoms with Gasteiger partial charge in [0.2, 0.25) is 0 Å². The maximum absolute atomic E-state index is 13.3. The number of benzene rings is 1. The normalized spacial score (nSPS) is 12.7. The molecular weight excluding hydrogens is 311 g/mol. The molecule has 1 aromatic carbocycles. The molecule has 0 radical (unpaired) electrons. The van der Waals surface area contributed by atoms with Crippen LogP contribution in [0.5, 0.6) is 0 Å². The van der Waals surface area contributed by atoms with Crippen LogP contribution in [0.1, 0.15) is 23.0 Å². The molecule has 0 saturated carbocycles. The molecule has 4 nitrogen and oxygen atoms in total. The van der Waals surface area contributed by atoms with E-state index in [0.29, 0.717) is 6.42 Å². The lowest BCUT2D eigenvalue weighted by Gasteiger charge is -2.17. The molecule has 2 aromatic rings. The van der Waals surface area contributed by atoms with Crippen LogP contribution in [0.2, 0.25) is 0 Å². The van der Waals surface area contributed by atoms with Gasteiger partial charge in [-0.2, -0.15) is 5.10 Å². The molecule has 102 valence electrons. The summed E-state index contributed by atoms with van der Waals surface area (Å²) in [5.41, 5.74) is 5.52. The lowest BCUT2D eigenvalue weighted by atomic mass is 10.0. The molecule has 0 aliphatic heterocycles. The number of hydrogen-bond donors (Lipinski definition) is 2.